The number of nitrogens with zero attached hydrogens (tertiary/aromatic N) is 2. The van der Waals surface area contributed by atoms with Crippen molar-refractivity contribution in [1.29, 1.82) is 0 Å². The first-order chi connectivity index (χ1) is 11.4. The second kappa shape index (κ2) is 6.00. The molecular weight excluding hydrogens is 349 g/mol. The van der Waals surface area contributed by atoms with Crippen molar-refractivity contribution in [2.45, 2.75) is 31.6 Å². The summed E-state index contributed by atoms with van der Waals surface area (Å²) in [7, 11) is 0. The van der Waals surface area contributed by atoms with Crippen LogP contribution in [0.4, 0.5) is 10.1 Å². The van der Waals surface area contributed by atoms with Gasteiger partial charge >= 0.3 is 5.97 Å². The molecule has 1 saturated heterocycles. The average molecular weight is 368 g/mol. The molecular formula is C17H19ClFN3O3. The second-order valence-electron chi connectivity index (χ2n) is 6.62. The van der Waals surface area contributed by atoms with Crippen LogP contribution in [0.3, 0.4) is 0 Å². The Hall–Kier alpha value is -2.12. The molecule has 1 fully saturated rings. The van der Waals surface area contributed by atoms with Crippen LogP contribution >= 0.6 is 12.4 Å². The molecule has 0 aliphatic carbocycles. The molecule has 25 heavy (non-hydrogen) atoms. The molecule has 4 rings (SSSR count). The van der Waals surface area contributed by atoms with E-state index in [-0.39, 0.29) is 29.4 Å². The summed E-state index contributed by atoms with van der Waals surface area (Å²) in [6.07, 6.45) is 0.818. The number of carboxylic acids is 1. The molecule has 2 aliphatic rings. The molecule has 134 valence electrons. The summed E-state index contributed by atoms with van der Waals surface area (Å²) < 4.78 is 16.6. The molecule has 0 saturated carbocycles. The maximum absolute atomic E-state index is 15.0. The van der Waals surface area contributed by atoms with Crippen molar-refractivity contribution < 1.29 is 14.3 Å². The van der Waals surface area contributed by atoms with E-state index in [9.17, 15) is 14.7 Å². The van der Waals surface area contributed by atoms with Crippen LogP contribution in [0.15, 0.2) is 23.1 Å². The zero-order valence-electron chi connectivity index (χ0n) is 13.6. The van der Waals surface area contributed by atoms with E-state index < -0.39 is 23.6 Å². The highest BCUT2D eigenvalue weighted by molar-refractivity contribution is 5.96. The third kappa shape index (κ3) is 2.41. The number of aromatic nitrogens is 1. The van der Waals surface area contributed by atoms with E-state index in [0.29, 0.717) is 17.6 Å². The molecule has 8 heteroatoms. The Labute approximate surface area is 149 Å². The van der Waals surface area contributed by atoms with E-state index in [1.807, 2.05) is 4.90 Å². The van der Waals surface area contributed by atoms with Gasteiger partial charge in [-0.15, -0.1) is 12.4 Å². The molecule has 6 nitrogen and oxygen atoms in total. The van der Waals surface area contributed by atoms with E-state index in [0.717, 1.165) is 18.7 Å². The smallest absolute Gasteiger partial charge is 0.341 e. The number of alkyl halides is 1. The van der Waals surface area contributed by atoms with Gasteiger partial charge in [0.15, 0.2) is 0 Å². The van der Waals surface area contributed by atoms with Crippen molar-refractivity contribution in [2.75, 3.05) is 18.0 Å². The summed E-state index contributed by atoms with van der Waals surface area (Å²) in [4.78, 5) is 25.8. The monoisotopic (exact) mass is 367 g/mol. The van der Waals surface area contributed by atoms with Gasteiger partial charge in [-0.3, -0.25) is 4.79 Å². The Balaban J connectivity index is 0.00000182. The Kier molecular flexibility index (Phi) is 4.25. The van der Waals surface area contributed by atoms with Gasteiger partial charge in [-0.05, 0) is 25.5 Å². The summed E-state index contributed by atoms with van der Waals surface area (Å²) in [5.74, 6) is -1.30. The quantitative estimate of drug-likeness (QED) is 0.849. The topological polar surface area (TPSA) is 88.6 Å². The molecule has 3 unspecified atom stereocenters. The molecule has 1 aromatic heterocycles. The SMILES string of the molecule is CC1C(F)c2c(N3CCC(N)C3)ccc3c(=O)c(C(=O)O)cn1c23.Cl. The van der Waals surface area contributed by atoms with Gasteiger partial charge in [0.05, 0.1) is 11.6 Å². The number of rotatable bonds is 2. The molecule has 0 spiro atoms. The van der Waals surface area contributed by atoms with Crippen LogP contribution < -0.4 is 16.1 Å². The largest absolute Gasteiger partial charge is 0.477 e. The minimum atomic E-state index is -1.30. The molecule has 3 N–H and O–H groups in total. The normalized spacial score (nSPS) is 24.6. The number of carboxylic acid groups (broad SMARTS) is 1. The van der Waals surface area contributed by atoms with E-state index in [2.05, 4.69) is 0 Å². The van der Waals surface area contributed by atoms with Gasteiger partial charge in [0.25, 0.3) is 0 Å². The number of hydrogen-bond donors (Lipinski definition) is 2. The summed E-state index contributed by atoms with van der Waals surface area (Å²) in [6.45, 7) is 3.09. The molecule has 0 amide bonds. The molecule has 3 atom stereocenters. The summed E-state index contributed by atoms with van der Waals surface area (Å²) in [5.41, 5.74) is 6.80. The predicted octanol–water partition coefficient (Wildman–Crippen LogP) is 2.24. The van der Waals surface area contributed by atoms with Gasteiger partial charge in [-0.1, -0.05) is 0 Å². The molecule has 2 aromatic rings. The maximum Gasteiger partial charge on any atom is 0.341 e. The van der Waals surface area contributed by atoms with E-state index in [1.54, 1.807) is 23.6 Å². The standard InChI is InChI=1S/C17H18FN3O3.ClH/c1-8-14(18)13-12(20-5-4-9(19)6-20)3-2-10-15(13)21(8)7-11(16(10)22)17(23)24;/h2-3,7-9,14H,4-6,19H2,1H3,(H,23,24);1H. The van der Waals surface area contributed by atoms with Gasteiger partial charge < -0.3 is 20.3 Å². The van der Waals surface area contributed by atoms with Gasteiger partial charge in [0.1, 0.15) is 11.7 Å². The maximum atomic E-state index is 15.0. The Morgan fingerprint density at radius 3 is 2.72 bits per heavy atom. The fraction of sp³-hybridized carbons (Fsp3) is 0.412. The number of pyridine rings is 1. The fourth-order valence-corrected chi connectivity index (χ4v) is 3.88. The van der Waals surface area contributed by atoms with Crippen LogP contribution in [0.1, 0.15) is 41.5 Å². The zero-order chi connectivity index (χ0) is 17.2. The lowest BCUT2D eigenvalue weighted by Gasteiger charge is -2.22. The van der Waals surface area contributed by atoms with Crippen molar-refractivity contribution in [3.05, 3.63) is 39.7 Å². The van der Waals surface area contributed by atoms with Gasteiger partial charge in [0.2, 0.25) is 5.43 Å². The number of benzene rings is 1. The minimum absolute atomic E-state index is 0. The van der Waals surface area contributed by atoms with Crippen molar-refractivity contribution >= 4 is 35.0 Å². The highest BCUT2D eigenvalue weighted by Crippen LogP contribution is 2.46. The number of carbonyl (C=O) groups is 1. The molecule has 2 aliphatic heterocycles. The van der Waals surface area contributed by atoms with E-state index >= 15 is 4.39 Å². The third-order valence-corrected chi connectivity index (χ3v) is 5.14. The summed E-state index contributed by atoms with van der Waals surface area (Å²) in [5, 5.41) is 9.50. The predicted molar refractivity (Wildman–Crippen MR) is 95.8 cm³/mol. The van der Waals surface area contributed by atoms with Crippen LogP contribution in [0.5, 0.6) is 0 Å². The van der Waals surface area contributed by atoms with Gasteiger partial charge in [-0.2, -0.15) is 0 Å². The average Bonchev–Trinajstić information content (AvgIpc) is 3.08. The number of hydrogen-bond acceptors (Lipinski definition) is 4. The third-order valence-electron chi connectivity index (χ3n) is 5.14. The first kappa shape index (κ1) is 17.7. The van der Waals surface area contributed by atoms with Crippen LogP contribution in [-0.2, 0) is 0 Å². The summed E-state index contributed by atoms with van der Waals surface area (Å²) in [6, 6.07) is 2.83. The van der Waals surface area contributed by atoms with Gasteiger partial charge in [-0.25, -0.2) is 9.18 Å². The van der Waals surface area contributed by atoms with Crippen molar-refractivity contribution in [3.63, 3.8) is 0 Å². The highest BCUT2D eigenvalue weighted by atomic mass is 35.5. The van der Waals surface area contributed by atoms with Crippen LogP contribution in [0.2, 0.25) is 0 Å². The van der Waals surface area contributed by atoms with E-state index in [1.165, 1.54) is 6.20 Å². The minimum Gasteiger partial charge on any atom is -0.477 e. The fourth-order valence-electron chi connectivity index (χ4n) is 3.88. The zero-order valence-corrected chi connectivity index (χ0v) is 14.4. The second-order valence-corrected chi connectivity index (χ2v) is 6.62. The molecule has 1 aromatic carbocycles. The van der Waals surface area contributed by atoms with Crippen LogP contribution in [0, 0.1) is 0 Å². The lowest BCUT2D eigenvalue weighted by atomic mass is 10.0. The first-order valence-corrected chi connectivity index (χ1v) is 7.99. The van der Waals surface area contributed by atoms with E-state index in [4.69, 9.17) is 5.73 Å². The molecule has 3 heterocycles. The van der Waals surface area contributed by atoms with Crippen LogP contribution in [0.25, 0.3) is 10.9 Å². The molecule has 0 bridgehead atoms. The summed E-state index contributed by atoms with van der Waals surface area (Å²) >= 11 is 0. The Morgan fingerprint density at radius 2 is 2.12 bits per heavy atom. The number of halogens is 2. The van der Waals surface area contributed by atoms with Crippen LogP contribution in [-0.4, -0.2) is 34.8 Å². The van der Waals surface area contributed by atoms with Gasteiger partial charge in [0, 0.05) is 42.0 Å². The van der Waals surface area contributed by atoms with Crippen molar-refractivity contribution in [1.82, 2.24) is 4.57 Å². The lowest BCUT2D eigenvalue weighted by molar-refractivity contribution is 0.0694. The van der Waals surface area contributed by atoms with Crippen molar-refractivity contribution in [3.8, 4) is 0 Å². The number of aromatic carboxylic acids is 1. The van der Waals surface area contributed by atoms with Crippen molar-refractivity contribution in [2.24, 2.45) is 5.73 Å². The Bertz CT molecular complexity index is 929. The Morgan fingerprint density at radius 1 is 1.40 bits per heavy atom. The first-order valence-electron chi connectivity index (χ1n) is 7.99. The lowest BCUT2D eigenvalue weighted by Crippen LogP contribution is -2.27. The number of anilines is 1. The highest BCUT2D eigenvalue weighted by Gasteiger charge is 2.37. The molecule has 0 radical (unpaired) electrons. The number of nitrogens with two attached hydrogens (primary N) is 1.